The van der Waals surface area contributed by atoms with Crippen molar-refractivity contribution in [1.29, 1.82) is 0 Å². The second kappa shape index (κ2) is 10.9. The smallest absolute Gasteiger partial charge is 0.234 e. The summed E-state index contributed by atoms with van der Waals surface area (Å²) in [5.41, 5.74) is 2.10. The van der Waals surface area contributed by atoms with Crippen molar-refractivity contribution in [2.75, 3.05) is 17.7 Å². The van der Waals surface area contributed by atoms with Gasteiger partial charge in [-0.05, 0) is 56.2 Å². The van der Waals surface area contributed by atoms with E-state index < -0.39 is 0 Å². The molecule has 0 radical (unpaired) electrons. The molecule has 1 amide bonds. The molecule has 32 heavy (non-hydrogen) atoms. The molecule has 0 saturated carbocycles. The normalized spacial score (nSPS) is 10.9. The van der Waals surface area contributed by atoms with Crippen molar-refractivity contribution in [3.8, 4) is 17.1 Å². The number of aromatic nitrogens is 3. The van der Waals surface area contributed by atoms with Gasteiger partial charge >= 0.3 is 0 Å². The van der Waals surface area contributed by atoms with E-state index in [0.717, 1.165) is 17.1 Å². The molecule has 3 aromatic rings. The number of anilines is 1. The summed E-state index contributed by atoms with van der Waals surface area (Å²) < 4.78 is 7.73. The average Bonchev–Trinajstić information content (AvgIpc) is 3.19. The predicted octanol–water partition coefficient (Wildman–Crippen LogP) is 4.93. The third kappa shape index (κ3) is 6.20. The topological polar surface area (TPSA) is 86.1 Å². The third-order valence-corrected chi connectivity index (χ3v) is 5.58. The van der Waals surface area contributed by atoms with Crippen molar-refractivity contribution < 1.29 is 14.3 Å². The van der Waals surface area contributed by atoms with Crippen LogP contribution in [0.3, 0.4) is 0 Å². The van der Waals surface area contributed by atoms with Crippen LogP contribution >= 0.6 is 11.8 Å². The van der Waals surface area contributed by atoms with Gasteiger partial charge in [0.05, 0.1) is 12.4 Å². The quantitative estimate of drug-likeness (QED) is 0.347. The summed E-state index contributed by atoms with van der Waals surface area (Å²) >= 11 is 1.33. The summed E-state index contributed by atoms with van der Waals surface area (Å²) in [6.45, 7) is 9.09. The first-order valence-corrected chi connectivity index (χ1v) is 11.6. The molecule has 0 atom stereocenters. The highest BCUT2D eigenvalue weighted by molar-refractivity contribution is 7.99. The number of ketones is 1. The fourth-order valence-corrected chi connectivity index (χ4v) is 3.80. The molecular formula is C24H28N4O3S. The molecule has 0 aliphatic rings. The lowest BCUT2D eigenvalue weighted by Gasteiger charge is -2.10. The van der Waals surface area contributed by atoms with Crippen molar-refractivity contribution in [2.24, 2.45) is 5.92 Å². The van der Waals surface area contributed by atoms with Gasteiger partial charge in [0, 0.05) is 23.4 Å². The van der Waals surface area contributed by atoms with Gasteiger partial charge in [-0.15, -0.1) is 10.2 Å². The van der Waals surface area contributed by atoms with Crippen LogP contribution in [0.5, 0.6) is 5.75 Å². The molecule has 1 aromatic heterocycles. The first-order valence-electron chi connectivity index (χ1n) is 10.6. The van der Waals surface area contributed by atoms with E-state index in [0.29, 0.717) is 35.5 Å². The Hall–Kier alpha value is -3.13. The second-order valence-corrected chi connectivity index (χ2v) is 8.70. The summed E-state index contributed by atoms with van der Waals surface area (Å²) in [6, 6.07) is 14.7. The second-order valence-electron chi connectivity index (χ2n) is 7.75. The summed E-state index contributed by atoms with van der Waals surface area (Å²) in [6.07, 6.45) is 0. The van der Waals surface area contributed by atoms with Crippen molar-refractivity contribution in [1.82, 2.24) is 14.8 Å². The van der Waals surface area contributed by atoms with Crippen molar-refractivity contribution >= 4 is 29.1 Å². The minimum absolute atomic E-state index is 0.0430. The molecule has 1 heterocycles. The molecule has 0 unspecified atom stereocenters. The average molecular weight is 453 g/mol. The third-order valence-electron chi connectivity index (χ3n) is 4.61. The molecule has 0 fully saturated rings. The summed E-state index contributed by atoms with van der Waals surface area (Å²) in [5.74, 6) is 2.01. The van der Waals surface area contributed by atoms with Gasteiger partial charge in [-0.1, -0.05) is 37.7 Å². The summed E-state index contributed by atoms with van der Waals surface area (Å²) in [5, 5.41) is 12.1. The fourth-order valence-electron chi connectivity index (χ4n) is 3.00. The van der Waals surface area contributed by atoms with E-state index in [1.807, 2.05) is 35.8 Å². The Morgan fingerprint density at radius 1 is 1.12 bits per heavy atom. The first-order chi connectivity index (χ1) is 15.4. The van der Waals surface area contributed by atoms with E-state index in [2.05, 4.69) is 29.4 Å². The zero-order valence-corrected chi connectivity index (χ0v) is 19.6. The largest absolute Gasteiger partial charge is 0.493 e. The van der Waals surface area contributed by atoms with Gasteiger partial charge in [-0.25, -0.2) is 0 Å². The number of carbonyl (C=O) groups excluding carboxylic acids is 2. The Balaban J connectivity index is 1.64. The SMILES string of the molecule is CCn1c(SCC(=O)Nc2cccc(C(C)=O)c2)nnc1-c1ccc(OCC(C)C)cc1. The van der Waals surface area contributed by atoms with Crippen LogP contribution in [0.4, 0.5) is 5.69 Å². The number of thioether (sulfide) groups is 1. The zero-order valence-electron chi connectivity index (χ0n) is 18.8. The maximum absolute atomic E-state index is 12.4. The molecule has 2 aromatic carbocycles. The highest BCUT2D eigenvalue weighted by Gasteiger charge is 2.15. The van der Waals surface area contributed by atoms with Crippen LogP contribution in [0, 0.1) is 5.92 Å². The fraction of sp³-hybridized carbons (Fsp3) is 0.333. The van der Waals surface area contributed by atoms with Crippen LogP contribution in [-0.4, -0.2) is 38.8 Å². The number of ether oxygens (including phenoxy) is 1. The van der Waals surface area contributed by atoms with Crippen LogP contribution in [0.1, 0.15) is 38.1 Å². The van der Waals surface area contributed by atoms with Gasteiger partial charge in [0.2, 0.25) is 5.91 Å². The summed E-state index contributed by atoms with van der Waals surface area (Å²) in [7, 11) is 0. The molecule has 0 saturated heterocycles. The van der Waals surface area contributed by atoms with Gasteiger partial charge in [-0.3, -0.25) is 9.59 Å². The molecule has 168 valence electrons. The number of benzene rings is 2. The first kappa shape index (κ1) is 23.5. The molecule has 0 bridgehead atoms. The maximum atomic E-state index is 12.4. The van der Waals surface area contributed by atoms with Crippen molar-refractivity contribution in [3.63, 3.8) is 0 Å². The van der Waals surface area contributed by atoms with Crippen molar-refractivity contribution in [2.45, 2.75) is 39.4 Å². The molecule has 0 aliphatic heterocycles. The van der Waals surface area contributed by atoms with E-state index in [4.69, 9.17) is 4.74 Å². The lowest BCUT2D eigenvalue weighted by Crippen LogP contribution is -2.15. The minimum Gasteiger partial charge on any atom is -0.493 e. The van der Waals surface area contributed by atoms with E-state index in [1.54, 1.807) is 24.3 Å². The van der Waals surface area contributed by atoms with Crippen LogP contribution in [0.25, 0.3) is 11.4 Å². The predicted molar refractivity (Wildman–Crippen MR) is 127 cm³/mol. The number of Topliss-reactive ketones (excluding diaryl/α,β-unsaturated/α-hetero) is 1. The van der Waals surface area contributed by atoms with E-state index in [9.17, 15) is 9.59 Å². The molecule has 3 rings (SSSR count). The molecule has 7 nitrogen and oxygen atoms in total. The Bertz CT molecular complexity index is 1080. The van der Waals surface area contributed by atoms with Gasteiger partial charge in [0.25, 0.3) is 0 Å². The Morgan fingerprint density at radius 2 is 1.88 bits per heavy atom. The number of rotatable bonds is 10. The maximum Gasteiger partial charge on any atom is 0.234 e. The van der Waals surface area contributed by atoms with Gasteiger partial charge < -0.3 is 14.6 Å². The monoisotopic (exact) mass is 452 g/mol. The molecule has 1 N–H and O–H groups in total. The lowest BCUT2D eigenvalue weighted by molar-refractivity contribution is -0.113. The van der Waals surface area contributed by atoms with Gasteiger partial charge in [0.15, 0.2) is 16.8 Å². The number of carbonyl (C=O) groups is 2. The molecule has 8 heteroatoms. The minimum atomic E-state index is -0.172. The number of amides is 1. The van der Waals surface area contributed by atoms with E-state index in [-0.39, 0.29) is 17.4 Å². The number of nitrogens with zero attached hydrogens (tertiary/aromatic N) is 3. The lowest BCUT2D eigenvalue weighted by atomic mass is 10.1. The molecular weight excluding hydrogens is 424 g/mol. The van der Waals surface area contributed by atoms with Crippen molar-refractivity contribution in [3.05, 3.63) is 54.1 Å². The Kier molecular flexibility index (Phi) is 8.05. The van der Waals surface area contributed by atoms with Crippen LogP contribution in [0.2, 0.25) is 0 Å². The van der Waals surface area contributed by atoms with Crippen LogP contribution < -0.4 is 10.1 Å². The number of hydrogen-bond donors (Lipinski definition) is 1. The highest BCUT2D eigenvalue weighted by Crippen LogP contribution is 2.26. The molecule has 0 spiro atoms. The Labute approximate surface area is 192 Å². The van der Waals surface area contributed by atoms with Crippen LogP contribution in [-0.2, 0) is 11.3 Å². The van der Waals surface area contributed by atoms with Crippen LogP contribution in [0.15, 0.2) is 53.7 Å². The number of hydrogen-bond acceptors (Lipinski definition) is 6. The number of nitrogens with one attached hydrogen (secondary N) is 1. The summed E-state index contributed by atoms with van der Waals surface area (Å²) in [4.78, 5) is 23.9. The van der Waals surface area contributed by atoms with Gasteiger partial charge in [0.1, 0.15) is 5.75 Å². The zero-order chi connectivity index (χ0) is 23.1. The Morgan fingerprint density at radius 3 is 2.53 bits per heavy atom. The van der Waals surface area contributed by atoms with E-state index in [1.165, 1.54) is 18.7 Å². The molecule has 0 aliphatic carbocycles. The highest BCUT2D eigenvalue weighted by atomic mass is 32.2. The van der Waals surface area contributed by atoms with Gasteiger partial charge in [-0.2, -0.15) is 0 Å². The van der Waals surface area contributed by atoms with E-state index >= 15 is 0 Å². The standard InChI is InChI=1S/C24H28N4O3S/c1-5-28-23(18-9-11-21(12-10-18)31-14-16(2)3)26-27-24(28)32-15-22(30)25-20-8-6-7-19(13-20)17(4)29/h6-13,16H,5,14-15H2,1-4H3,(H,25,30).